The fraction of sp³-hybridized carbons (Fsp3) is 0.435. The number of hydrogen-bond donors (Lipinski definition) is 1. The number of benzene rings is 2. The first kappa shape index (κ1) is 23.9. The van der Waals surface area contributed by atoms with E-state index >= 15 is 0 Å². The summed E-state index contributed by atoms with van der Waals surface area (Å²) in [6.45, 7) is 3.57. The molecule has 0 saturated heterocycles. The number of nitrogens with zero attached hydrogens (tertiary/aromatic N) is 1. The van der Waals surface area contributed by atoms with Crippen molar-refractivity contribution in [1.29, 1.82) is 0 Å². The zero-order valence-electron chi connectivity index (χ0n) is 18.0. The second-order valence-corrected chi connectivity index (χ2v) is 10.7. The van der Waals surface area contributed by atoms with Crippen molar-refractivity contribution in [1.82, 2.24) is 5.32 Å². The molecule has 31 heavy (non-hydrogen) atoms. The van der Waals surface area contributed by atoms with Gasteiger partial charge in [-0.05, 0) is 73.9 Å². The number of rotatable bonds is 7. The second-order valence-electron chi connectivity index (χ2n) is 8.04. The minimum Gasteiger partial charge on any atom is -0.347 e. The molecule has 2 aromatic carbocycles. The third-order valence-corrected chi connectivity index (χ3v) is 7.73. The molecule has 0 aromatic heterocycles. The topological polar surface area (TPSA) is 66.5 Å². The van der Waals surface area contributed by atoms with Gasteiger partial charge in [0.1, 0.15) is 6.04 Å². The van der Waals surface area contributed by atoms with Gasteiger partial charge in [0.2, 0.25) is 15.9 Å². The van der Waals surface area contributed by atoms with Crippen molar-refractivity contribution >= 4 is 44.8 Å². The van der Waals surface area contributed by atoms with E-state index in [0.29, 0.717) is 17.1 Å². The first-order chi connectivity index (χ1) is 14.6. The molecule has 0 heterocycles. The van der Waals surface area contributed by atoms with E-state index in [1.54, 1.807) is 13.0 Å². The maximum Gasteiger partial charge on any atom is 0.244 e. The van der Waals surface area contributed by atoms with Crippen molar-refractivity contribution in [2.45, 2.75) is 58.0 Å². The summed E-state index contributed by atoms with van der Waals surface area (Å²) in [5.74, 6) is -0.374. The van der Waals surface area contributed by atoms with Gasteiger partial charge < -0.3 is 5.32 Å². The number of halogens is 2. The van der Waals surface area contributed by atoms with Crippen LogP contribution in [0, 0.1) is 0 Å². The Labute approximate surface area is 194 Å². The molecule has 0 saturated carbocycles. The number of carbonyl (C=O) groups excluding carboxylic acids is 1. The van der Waals surface area contributed by atoms with Crippen LogP contribution in [0.5, 0.6) is 0 Å². The molecule has 5 nitrogen and oxygen atoms in total. The van der Waals surface area contributed by atoms with E-state index in [9.17, 15) is 13.2 Å². The van der Waals surface area contributed by atoms with Crippen LogP contribution in [-0.4, -0.2) is 26.6 Å². The van der Waals surface area contributed by atoms with Gasteiger partial charge in [-0.25, -0.2) is 8.42 Å². The summed E-state index contributed by atoms with van der Waals surface area (Å²) >= 11 is 12.1. The van der Waals surface area contributed by atoms with Crippen LogP contribution < -0.4 is 9.62 Å². The van der Waals surface area contributed by atoms with Crippen molar-refractivity contribution in [3.05, 3.63) is 63.1 Å². The van der Waals surface area contributed by atoms with E-state index in [0.717, 1.165) is 29.0 Å². The van der Waals surface area contributed by atoms with Gasteiger partial charge in [-0.1, -0.05) is 48.3 Å². The molecule has 0 spiro atoms. The van der Waals surface area contributed by atoms with Gasteiger partial charge >= 0.3 is 0 Å². The van der Waals surface area contributed by atoms with Gasteiger partial charge in [-0.2, -0.15) is 0 Å². The molecular weight excluding hydrogens is 455 g/mol. The second kappa shape index (κ2) is 9.80. The van der Waals surface area contributed by atoms with Crippen molar-refractivity contribution in [2.24, 2.45) is 0 Å². The van der Waals surface area contributed by atoms with E-state index in [2.05, 4.69) is 23.5 Å². The molecule has 1 aliphatic carbocycles. The van der Waals surface area contributed by atoms with E-state index in [-0.39, 0.29) is 17.0 Å². The van der Waals surface area contributed by atoms with Gasteiger partial charge in [0.25, 0.3) is 0 Å². The summed E-state index contributed by atoms with van der Waals surface area (Å²) in [5.41, 5.74) is 4.07. The van der Waals surface area contributed by atoms with E-state index in [1.807, 2.05) is 6.92 Å². The monoisotopic (exact) mass is 482 g/mol. The number of fused-ring (bicyclic) bond motifs is 1. The highest BCUT2D eigenvalue weighted by Gasteiger charge is 2.30. The summed E-state index contributed by atoms with van der Waals surface area (Å²) in [5, 5.41) is 3.57. The maximum absolute atomic E-state index is 13.1. The Kier molecular flexibility index (Phi) is 7.55. The highest BCUT2D eigenvalue weighted by atomic mass is 35.5. The predicted octanol–water partition coefficient (Wildman–Crippen LogP) is 5.29. The Morgan fingerprint density at radius 2 is 1.74 bits per heavy atom. The molecule has 2 aromatic rings. The fourth-order valence-corrected chi connectivity index (χ4v) is 5.57. The molecule has 0 bridgehead atoms. The van der Waals surface area contributed by atoms with Crippen LogP contribution in [-0.2, 0) is 27.7 Å². The van der Waals surface area contributed by atoms with Gasteiger partial charge in [0, 0.05) is 0 Å². The lowest BCUT2D eigenvalue weighted by Crippen LogP contribution is -2.48. The number of sulfonamides is 1. The van der Waals surface area contributed by atoms with Crippen LogP contribution in [0.1, 0.15) is 55.8 Å². The first-order valence-electron chi connectivity index (χ1n) is 10.5. The quantitative estimate of drug-likeness (QED) is 0.582. The number of aryl methyl sites for hydroxylation is 2. The summed E-state index contributed by atoms with van der Waals surface area (Å²) < 4.78 is 26.1. The van der Waals surface area contributed by atoms with Crippen molar-refractivity contribution < 1.29 is 13.2 Å². The minimum absolute atomic E-state index is 0.197. The summed E-state index contributed by atoms with van der Waals surface area (Å²) in [6, 6.07) is 9.76. The summed E-state index contributed by atoms with van der Waals surface area (Å²) in [4.78, 5) is 13.1. The largest absolute Gasteiger partial charge is 0.347 e. The highest BCUT2D eigenvalue weighted by Crippen LogP contribution is 2.30. The van der Waals surface area contributed by atoms with Crippen LogP contribution >= 0.6 is 23.2 Å². The van der Waals surface area contributed by atoms with Crippen LogP contribution in [0.4, 0.5) is 5.69 Å². The average Bonchev–Trinajstić information content (AvgIpc) is 2.73. The Morgan fingerprint density at radius 1 is 1.06 bits per heavy atom. The SMILES string of the molecule is CC[C@H](NC(=O)[C@H](C)N(c1ccc(Cl)c(Cl)c1)S(C)(=O)=O)c1ccc2c(c1)CCCC2. The standard InChI is InChI=1S/C23H28Cl2N2O3S/c1-4-22(18-10-9-16-7-5-6-8-17(16)13-18)26-23(28)15(2)27(31(3,29)30)19-11-12-20(24)21(25)14-19/h9-15,22H,4-8H2,1-3H3,(H,26,28)/t15-,22-/m0/s1. The van der Waals surface area contributed by atoms with E-state index in [1.165, 1.54) is 36.1 Å². The molecule has 2 atom stereocenters. The van der Waals surface area contributed by atoms with Crippen LogP contribution in [0.3, 0.4) is 0 Å². The average molecular weight is 483 g/mol. The predicted molar refractivity (Wildman–Crippen MR) is 128 cm³/mol. The molecule has 0 aliphatic heterocycles. The number of anilines is 1. The lowest BCUT2D eigenvalue weighted by molar-refractivity contribution is -0.122. The molecule has 3 rings (SSSR count). The van der Waals surface area contributed by atoms with E-state index in [4.69, 9.17) is 23.2 Å². The molecular formula is C23H28Cl2N2O3S. The number of carbonyl (C=O) groups is 1. The summed E-state index contributed by atoms with van der Waals surface area (Å²) in [6.07, 6.45) is 6.33. The summed E-state index contributed by atoms with van der Waals surface area (Å²) in [7, 11) is -3.74. The molecule has 1 N–H and O–H groups in total. The Morgan fingerprint density at radius 3 is 2.35 bits per heavy atom. The zero-order valence-corrected chi connectivity index (χ0v) is 20.3. The van der Waals surface area contributed by atoms with Crippen molar-refractivity contribution in [2.75, 3.05) is 10.6 Å². The van der Waals surface area contributed by atoms with Gasteiger partial charge in [-0.3, -0.25) is 9.10 Å². The van der Waals surface area contributed by atoms with Gasteiger partial charge in [0.15, 0.2) is 0 Å². The molecule has 8 heteroatoms. The lowest BCUT2D eigenvalue weighted by Gasteiger charge is -2.30. The van der Waals surface area contributed by atoms with Crippen molar-refractivity contribution in [3.8, 4) is 0 Å². The Hall–Kier alpha value is -1.76. The smallest absolute Gasteiger partial charge is 0.244 e. The lowest BCUT2D eigenvalue weighted by atomic mass is 9.88. The molecule has 1 aliphatic rings. The van der Waals surface area contributed by atoms with Gasteiger partial charge in [-0.15, -0.1) is 0 Å². The van der Waals surface area contributed by atoms with Crippen LogP contribution in [0.25, 0.3) is 0 Å². The zero-order chi connectivity index (χ0) is 22.8. The van der Waals surface area contributed by atoms with E-state index < -0.39 is 16.1 Å². The Bertz CT molecular complexity index is 1070. The normalized spacial score (nSPS) is 15.6. The molecule has 0 radical (unpaired) electrons. The Balaban J connectivity index is 1.84. The van der Waals surface area contributed by atoms with Crippen LogP contribution in [0.15, 0.2) is 36.4 Å². The van der Waals surface area contributed by atoms with Crippen molar-refractivity contribution in [3.63, 3.8) is 0 Å². The number of amides is 1. The molecule has 1 amide bonds. The number of nitrogens with one attached hydrogen (secondary N) is 1. The third-order valence-electron chi connectivity index (χ3n) is 5.75. The minimum atomic E-state index is -3.74. The van der Waals surface area contributed by atoms with Crippen LogP contribution in [0.2, 0.25) is 10.0 Å². The number of hydrogen-bond acceptors (Lipinski definition) is 3. The van der Waals surface area contributed by atoms with Gasteiger partial charge in [0.05, 0.1) is 28.0 Å². The molecule has 168 valence electrons. The molecule has 0 unspecified atom stereocenters. The highest BCUT2D eigenvalue weighted by molar-refractivity contribution is 7.92. The third kappa shape index (κ3) is 5.54. The maximum atomic E-state index is 13.1. The first-order valence-corrected chi connectivity index (χ1v) is 13.1. The fourth-order valence-electron chi connectivity index (χ4n) is 4.11. The molecule has 0 fully saturated rings.